The van der Waals surface area contributed by atoms with Crippen LogP contribution in [0, 0.1) is 5.82 Å². The minimum atomic E-state index is -1.03. The average molecular weight is 419 g/mol. The summed E-state index contributed by atoms with van der Waals surface area (Å²) in [5.74, 6) is -1.33. The van der Waals surface area contributed by atoms with Gasteiger partial charge in [-0.15, -0.1) is 0 Å². The Morgan fingerprint density at radius 3 is 2.23 bits per heavy atom. The minimum Gasteiger partial charge on any atom is -0.507 e. The lowest BCUT2D eigenvalue weighted by Gasteiger charge is -2.27. The highest BCUT2D eigenvalue weighted by molar-refractivity contribution is 6.04. The van der Waals surface area contributed by atoms with Gasteiger partial charge in [0.05, 0.1) is 17.7 Å². The molecular formula is C25H22FNO4. The molecule has 1 heterocycles. The molecule has 5 nitrogen and oxygen atoms in total. The number of aromatic hydroxyl groups is 1. The summed E-state index contributed by atoms with van der Waals surface area (Å²) in [5.41, 5.74) is 2.91. The Kier molecular flexibility index (Phi) is 5.03. The molecule has 0 spiro atoms. The van der Waals surface area contributed by atoms with Crippen molar-refractivity contribution in [2.45, 2.75) is 19.3 Å². The van der Waals surface area contributed by atoms with E-state index in [1.165, 1.54) is 24.3 Å². The molecule has 158 valence electrons. The molecule has 0 fully saturated rings. The van der Waals surface area contributed by atoms with E-state index >= 15 is 0 Å². The number of phenolic OH excluding ortho intramolecular Hbond substituents is 1. The van der Waals surface area contributed by atoms with Gasteiger partial charge >= 0.3 is 5.97 Å². The first kappa shape index (κ1) is 20.6. The Hall–Kier alpha value is -3.64. The summed E-state index contributed by atoms with van der Waals surface area (Å²) >= 11 is 0. The highest BCUT2D eigenvalue weighted by atomic mass is 19.1. The van der Waals surface area contributed by atoms with Crippen LogP contribution in [0.5, 0.6) is 5.75 Å². The van der Waals surface area contributed by atoms with Crippen molar-refractivity contribution in [1.82, 2.24) is 4.57 Å². The molecule has 6 heteroatoms. The maximum absolute atomic E-state index is 13.6. The zero-order valence-corrected chi connectivity index (χ0v) is 17.1. The average Bonchev–Trinajstić information content (AvgIpc) is 3.12. The van der Waals surface area contributed by atoms with Crippen LogP contribution in [-0.4, -0.2) is 32.5 Å². The molecule has 0 atom stereocenters. The van der Waals surface area contributed by atoms with Gasteiger partial charge in [-0.05, 0) is 54.1 Å². The van der Waals surface area contributed by atoms with Gasteiger partial charge in [-0.1, -0.05) is 32.0 Å². The quantitative estimate of drug-likeness (QED) is 0.420. The van der Waals surface area contributed by atoms with Gasteiger partial charge in [0.25, 0.3) is 0 Å². The Morgan fingerprint density at radius 2 is 1.65 bits per heavy atom. The molecule has 0 radical (unpaired) electrons. The molecule has 0 aliphatic carbocycles. The third-order valence-corrected chi connectivity index (χ3v) is 5.51. The maximum Gasteiger partial charge on any atom is 0.335 e. The van der Waals surface area contributed by atoms with Crippen molar-refractivity contribution in [2.75, 3.05) is 6.61 Å². The minimum absolute atomic E-state index is 0.0608. The fraction of sp³-hybridized carbons (Fsp3) is 0.160. The smallest absolute Gasteiger partial charge is 0.335 e. The van der Waals surface area contributed by atoms with Crippen molar-refractivity contribution in [1.29, 1.82) is 0 Å². The molecular weight excluding hydrogens is 397 g/mol. The number of rotatable bonds is 5. The summed E-state index contributed by atoms with van der Waals surface area (Å²) in [4.78, 5) is 11.3. The van der Waals surface area contributed by atoms with E-state index in [9.17, 15) is 24.5 Å². The molecule has 0 unspecified atom stereocenters. The number of halogens is 1. The van der Waals surface area contributed by atoms with Crippen LogP contribution in [0.4, 0.5) is 4.39 Å². The predicted molar refractivity (Wildman–Crippen MR) is 117 cm³/mol. The van der Waals surface area contributed by atoms with E-state index in [4.69, 9.17) is 0 Å². The van der Waals surface area contributed by atoms with Crippen molar-refractivity contribution in [3.05, 3.63) is 83.8 Å². The first-order valence-corrected chi connectivity index (χ1v) is 9.82. The molecule has 3 aromatic carbocycles. The van der Waals surface area contributed by atoms with Gasteiger partial charge in [0.15, 0.2) is 0 Å². The monoisotopic (exact) mass is 419 g/mol. The summed E-state index contributed by atoms with van der Waals surface area (Å²) in [7, 11) is 0. The number of carboxylic acids is 1. The van der Waals surface area contributed by atoms with Gasteiger partial charge in [0.2, 0.25) is 0 Å². The van der Waals surface area contributed by atoms with Gasteiger partial charge in [0, 0.05) is 27.7 Å². The summed E-state index contributed by atoms with van der Waals surface area (Å²) in [6.45, 7) is 3.59. The van der Waals surface area contributed by atoms with E-state index < -0.39 is 11.4 Å². The summed E-state index contributed by atoms with van der Waals surface area (Å²) in [6.07, 6.45) is 0. The summed E-state index contributed by atoms with van der Waals surface area (Å²) in [6, 6.07) is 17.6. The molecule has 0 saturated carbocycles. The van der Waals surface area contributed by atoms with E-state index in [1.807, 2.05) is 24.5 Å². The summed E-state index contributed by atoms with van der Waals surface area (Å²) in [5, 5.41) is 30.9. The molecule has 31 heavy (non-hydrogen) atoms. The van der Waals surface area contributed by atoms with Crippen LogP contribution in [0.25, 0.3) is 27.7 Å². The van der Waals surface area contributed by atoms with Crippen molar-refractivity contribution in [3.8, 4) is 22.6 Å². The first-order chi connectivity index (χ1) is 14.7. The number of aromatic carboxylic acids is 1. The first-order valence-electron chi connectivity index (χ1n) is 9.82. The Balaban J connectivity index is 2.15. The maximum atomic E-state index is 13.6. The fourth-order valence-corrected chi connectivity index (χ4v) is 3.96. The van der Waals surface area contributed by atoms with Crippen LogP contribution in [0.3, 0.4) is 0 Å². The number of hydrogen-bond acceptors (Lipinski definition) is 3. The molecule has 1 aromatic heterocycles. The predicted octanol–water partition coefficient (Wildman–Crippen LogP) is 5.11. The van der Waals surface area contributed by atoms with Gasteiger partial charge in [-0.25, -0.2) is 9.18 Å². The van der Waals surface area contributed by atoms with Gasteiger partial charge in [0.1, 0.15) is 11.6 Å². The standard InChI is InChI=1S/C25H22FNO4/c1-25(2,14-28)23-21(15-6-8-16(9-7-15)24(30)31)22-19(4-3-5-20(22)29)27(23)18-12-10-17(26)11-13-18/h3-13,28-29H,14H2,1-2H3,(H,30,31). The molecule has 0 amide bonds. The lowest BCUT2D eigenvalue weighted by molar-refractivity contribution is 0.0697. The number of benzene rings is 3. The van der Waals surface area contributed by atoms with E-state index in [1.54, 1.807) is 36.4 Å². The highest BCUT2D eigenvalue weighted by Crippen LogP contribution is 2.45. The van der Waals surface area contributed by atoms with Crippen LogP contribution < -0.4 is 0 Å². The number of hydrogen-bond donors (Lipinski definition) is 3. The number of carboxylic acid groups (broad SMARTS) is 1. The largest absolute Gasteiger partial charge is 0.507 e. The Bertz CT molecular complexity index is 1270. The molecule has 0 aliphatic rings. The molecule has 0 saturated heterocycles. The van der Waals surface area contributed by atoms with Crippen molar-refractivity contribution < 1.29 is 24.5 Å². The number of phenols is 1. The van der Waals surface area contributed by atoms with Crippen LogP contribution in [0.2, 0.25) is 0 Å². The molecule has 0 bridgehead atoms. The van der Waals surface area contributed by atoms with Crippen LogP contribution in [0.15, 0.2) is 66.7 Å². The van der Waals surface area contributed by atoms with E-state index in [-0.39, 0.29) is 23.7 Å². The number of aliphatic hydroxyl groups excluding tert-OH is 1. The van der Waals surface area contributed by atoms with E-state index in [2.05, 4.69) is 0 Å². The molecule has 0 aliphatic heterocycles. The van der Waals surface area contributed by atoms with Gasteiger partial charge in [-0.3, -0.25) is 0 Å². The van der Waals surface area contributed by atoms with Gasteiger partial charge in [-0.2, -0.15) is 0 Å². The second-order valence-corrected chi connectivity index (χ2v) is 8.13. The lowest BCUT2D eigenvalue weighted by atomic mass is 9.84. The van der Waals surface area contributed by atoms with Crippen LogP contribution in [0.1, 0.15) is 29.9 Å². The SMILES string of the molecule is CC(C)(CO)c1c(-c2ccc(C(=O)O)cc2)c2c(O)cccc2n1-c1ccc(F)cc1. The number of nitrogens with zero attached hydrogens (tertiary/aromatic N) is 1. The molecule has 4 aromatic rings. The van der Waals surface area contributed by atoms with Crippen molar-refractivity contribution >= 4 is 16.9 Å². The topological polar surface area (TPSA) is 82.7 Å². The molecule has 3 N–H and O–H groups in total. The van der Waals surface area contributed by atoms with E-state index in [0.29, 0.717) is 27.7 Å². The Labute approximate surface area is 178 Å². The van der Waals surface area contributed by atoms with Crippen molar-refractivity contribution in [2.24, 2.45) is 0 Å². The molecule has 4 rings (SSSR count). The number of carbonyl (C=O) groups is 1. The number of fused-ring (bicyclic) bond motifs is 1. The highest BCUT2D eigenvalue weighted by Gasteiger charge is 2.32. The fourth-order valence-electron chi connectivity index (χ4n) is 3.96. The van der Waals surface area contributed by atoms with Crippen molar-refractivity contribution in [3.63, 3.8) is 0 Å². The number of aliphatic hydroxyl groups is 1. The third-order valence-electron chi connectivity index (χ3n) is 5.51. The van der Waals surface area contributed by atoms with Crippen LogP contribution in [-0.2, 0) is 5.41 Å². The third kappa shape index (κ3) is 3.45. The second-order valence-electron chi connectivity index (χ2n) is 8.13. The summed E-state index contributed by atoms with van der Waals surface area (Å²) < 4.78 is 15.5. The second kappa shape index (κ2) is 7.56. The van der Waals surface area contributed by atoms with Gasteiger partial charge < -0.3 is 19.9 Å². The Morgan fingerprint density at radius 1 is 1.00 bits per heavy atom. The lowest BCUT2D eigenvalue weighted by Crippen LogP contribution is -2.26. The van der Waals surface area contributed by atoms with Crippen LogP contribution >= 0.6 is 0 Å². The normalized spacial score (nSPS) is 11.7. The zero-order valence-electron chi connectivity index (χ0n) is 17.1. The van der Waals surface area contributed by atoms with E-state index in [0.717, 1.165) is 5.69 Å². The number of aromatic nitrogens is 1. The zero-order chi connectivity index (χ0) is 22.3.